The second-order valence-corrected chi connectivity index (χ2v) is 5.03. The third kappa shape index (κ3) is 2.22. The van der Waals surface area contributed by atoms with Gasteiger partial charge in [-0.1, -0.05) is 24.3 Å². The van der Waals surface area contributed by atoms with Crippen molar-refractivity contribution in [2.24, 2.45) is 0 Å². The molecule has 1 unspecified atom stereocenters. The number of carboxylic acid groups (broad SMARTS) is 1. The number of aromatic nitrogens is 2. The average Bonchev–Trinajstić information content (AvgIpc) is 2.46. The number of hydrogen-bond acceptors (Lipinski definition) is 4. The van der Waals surface area contributed by atoms with E-state index in [1.165, 1.54) is 0 Å². The average molecular weight is 269 g/mol. The Balaban J connectivity index is 1.97. The number of nitrogens with zero attached hydrogens (tertiary/aromatic N) is 3. The van der Waals surface area contributed by atoms with Gasteiger partial charge in [-0.3, -0.25) is 4.79 Å². The van der Waals surface area contributed by atoms with E-state index in [2.05, 4.69) is 9.97 Å². The molecule has 0 fully saturated rings. The first-order valence-electron chi connectivity index (χ1n) is 6.49. The summed E-state index contributed by atoms with van der Waals surface area (Å²) in [6, 6.07) is 7.66. The molecule has 0 saturated heterocycles. The van der Waals surface area contributed by atoms with E-state index in [1.54, 1.807) is 12.4 Å². The summed E-state index contributed by atoms with van der Waals surface area (Å²) in [4.78, 5) is 22.0. The molecule has 5 heteroatoms. The van der Waals surface area contributed by atoms with Gasteiger partial charge in [0.15, 0.2) is 0 Å². The minimum absolute atomic E-state index is 0.398. The fourth-order valence-corrected chi connectivity index (χ4v) is 2.52. The maximum absolute atomic E-state index is 11.5. The topological polar surface area (TPSA) is 66.3 Å². The quantitative estimate of drug-likeness (QED) is 0.903. The maximum Gasteiger partial charge on any atom is 0.312 e. The fraction of sp³-hybridized carbons (Fsp3) is 0.267. The number of benzene rings is 1. The Bertz CT molecular complexity index is 640. The number of hydrogen-bond donors (Lipinski definition) is 1. The van der Waals surface area contributed by atoms with Crippen molar-refractivity contribution >= 4 is 11.9 Å². The lowest BCUT2D eigenvalue weighted by Gasteiger charge is -2.32. The van der Waals surface area contributed by atoms with Gasteiger partial charge < -0.3 is 10.0 Å². The van der Waals surface area contributed by atoms with Crippen LogP contribution < -0.4 is 4.90 Å². The molecule has 0 radical (unpaired) electrons. The molecule has 2 heterocycles. The molecule has 0 bridgehead atoms. The van der Waals surface area contributed by atoms with E-state index in [9.17, 15) is 9.90 Å². The summed E-state index contributed by atoms with van der Waals surface area (Å²) >= 11 is 0. The molecule has 1 aromatic heterocycles. The molecule has 102 valence electrons. The van der Waals surface area contributed by atoms with Crippen LogP contribution in [-0.4, -0.2) is 27.6 Å². The first-order chi connectivity index (χ1) is 9.65. The first-order valence-corrected chi connectivity index (χ1v) is 6.49. The molecule has 1 N–H and O–H groups in total. The van der Waals surface area contributed by atoms with Crippen molar-refractivity contribution in [2.45, 2.75) is 19.4 Å². The van der Waals surface area contributed by atoms with Gasteiger partial charge in [0.1, 0.15) is 0 Å². The predicted octanol–water partition coefficient (Wildman–Crippen LogP) is 1.97. The van der Waals surface area contributed by atoms with Crippen molar-refractivity contribution in [1.29, 1.82) is 0 Å². The summed E-state index contributed by atoms with van der Waals surface area (Å²) in [7, 11) is 0. The van der Waals surface area contributed by atoms with Gasteiger partial charge in [0.25, 0.3) is 0 Å². The summed E-state index contributed by atoms with van der Waals surface area (Å²) in [5.41, 5.74) is 2.90. The predicted molar refractivity (Wildman–Crippen MR) is 74.6 cm³/mol. The molecule has 5 nitrogen and oxygen atoms in total. The normalized spacial score (nSPS) is 17.6. The standard InChI is InChI=1S/C15H15N3O2/c1-10-6-16-15(17-7-10)18-8-11-4-2-3-5-12(11)13(9-18)14(19)20/h2-7,13H,8-9H2,1H3,(H,19,20). The molecule has 20 heavy (non-hydrogen) atoms. The molecular formula is C15H15N3O2. The van der Waals surface area contributed by atoms with E-state index < -0.39 is 11.9 Å². The third-order valence-corrected chi connectivity index (χ3v) is 3.54. The van der Waals surface area contributed by atoms with Crippen LogP contribution >= 0.6 is 0 Å². The lowest BCUT2D eigenvalue weighted by molar-refractivity contribution is -0.138. The highest BCUT2D eigenvalue weighted by molar-refractivity contribution is 5.78. The van der Waals surface area contributed by atoms with Crippen LogP contribution in [0.15, 0.2) is 36.7 Å². The van der Waals surface area contributed by atoms with Gasteiger partial charge in [0, 0.05) is 25.5 Å². The molecule has 3 rings (SSSR count). The Kier molecular flexibility index (Phi) is 3.10. The van der Waals surface area contributed by atoms with E-state index in [0.717, 1.165) is 16.7 Å². The van der Waals surface area contributed by atoms with Crippen molar-refractivity contribution in [3.8, 4) is 0 Å². The largest absolute Gasteiger partial charge is 0.481 e. The minimum Gasteiger partial charge on any atom is -0.481 e. The minimum atomic E-state index is -0.811. The highest BCUT2D eigenvalue weighted by atomic mass is 16.4. The van der Waals surface area contributed by atoms with Crippen LogP contribution in [-0.2, 0) is 11.3 Å². The molecule has 1 aliphatic heterocycles. The van der Waals surface area contributed by atoms with Crippen LogP contribution in [0.25, 0.3) is 0 Å². The second-order valence-electron chi connectivity index (χ2n) is 5.03. The number of carbonyl (C=O) groups is 1. The molecule has 0 aliphatic carbocycles. The van der Waals surface area contributed by atoms with Crippen molar-refractivity contribution in [3.05, 3.63) is 53.3 Å². The van der Waals surface area contributed by atoms with Gasteiger partial charge in [0.2, 0.25) is 5.95 Å². The molecule has 0 amide bonds. The van der Waals surface area contributed by atoms with Crippen LogP contribution in [0.5, 0.6) is 0 Å². The van der Waals surface area contributed by atoms with Crippen LogP contribution in [0.1, 0.15) is 22.6 Å². The summed E-state index contributed by atoms with van der Waals surface area (Å²) in [5, 5.41) is 9.43. The number of carboxylic acids is 1. The summed E-state index contributed by atoms with van der Waals surface area (Å²) in [6.45, 7) is 2.97. The van der Waals surface area contributed by atoms with Gasteiger partial charge in [-0.25, -0.2) is 9.97 Å². The number of fused-ring (bicyclic) bond motifs is 1. The summed E-state index contributed by atoms with van der Waals surface area (Å²) < 4.78 is 0. The summed E-state index contributed by atoms with van der Waals surface area (Å²) in [6.07, 6.45) is 3.50. The zero-order chi connectivity index (χ0) is 14.1. The fourth-order valence-electron chi connectivity index (χ4n) is 2.52. The third-order valence-electron chi connectivity index (χ3n) is 3.54. The van der Waals surface area contributed by atoms with E-state index in [1.807, 2.05) is 36.1 Å². The molecule has 1 aliphatic rings. The van der Waals surface area contributed by atoms with E-state index in [-0.39, 0.29) is 0 Å². The molecule has 2 aromatic rings. The lowest BCUT2D eigenvalue weighted by Crippen LogP contribution is -2.37. The van der Waals surface area contributed by atoms with Gasteiger partial charge >= 0.3 is 5.97 Å². The highest BCUT2D eigenvalue weighted by Crippen LogP contribution is 2.30. The smallest absolute Gasteiger partial charge is 0.312 e. The Morgan fingerprint density at radius 1 is 1.30 bits per heavy atom. The highest BCUT2D eigenvalue weighted by Gasteiger charge is 2.31. The second kappa shape index (κ2) is 4.92. The zero-order valence-corrected chi connectivity index (χ0v) is 11.2. The van der Waals surface area contributed by atoms with Crippen molar-refractivity contribution in [2.75, 3.05) is 11.4 Å². The molecule has 1 atom stereocenters. The Hall–Kier alpha value is -2.43. The number of aliphatic carboxylic acids is 1. The molecule has 0 saturated carbocycles. The van der Waals surface area contributed by atoms with E-state index in [0.29, 0.717) is 19.0 Å². The van der Waals surface area contributed by atoms with Crippen LogP contribution in [0.4, 0.5) is 5.95 Å². The number of rotatable bonds is 2. The number of aryl methyl sites for hydroxylation is 1. The van der Waals surface area contributed by atoms with Crippen LogP contribution in [0.3, 0.4) is 0 Å². The molecular weight excluding hydrogens is 254 g/mol. The molecule has 1 aromatic carbocycles. The van der Waals surface area contributed by atoms with Crippen molar-refractivity contribution in [1.82, 2.24) is 9.97 Å². The lowest BCUT2D eigenvalue weighted by atomic mass is 9.90. The Morgan fingerprint density at radius 2 is 2.00 bits per heavy atom. The van der Waals surface area contributed by atoms with Gasteiger partial charge in [-0.05, 0) is 23.6 Å². The molecule has 0 spiro atoms. The number of anilines is 1. The van der Waals surface area contributed by atoms with Crippen LogP contribution in [0.2, 0.25) is 0 Å². The van der Waals surface area contributed by atoms with E-state index >= 15 is 0 Å². The van der Waals surface area contributed by atoms with Gasteiger partial charge in [-0.2, -0.15) is 0 Å². The summed E-state index contributed by atoms with van der Waals surface area (Å²) in [5.74, 6) is -0.768. The monoisotopic (exact) mass is 269 g/mol. The van der Waals surface area contributed by atoms with Gasteiger partial charge in [0.05, 0.1) is 5.92 Å². The van der Waals surface area contributed by atoms with Crippen LogP contribution in [0, 0.1) is 6.92 Å². The zero-order valence-electron chi connectivity index (χ0n) is 11.2. The SMILES string of the molecule is Cc1cnc(N2Cc3ccccc3C(C(=O)O)C2)nc1. The Morgan fingerprint density at radius 3 is 2.70 bits per heavy atom. The van der Waals surface area contributed by atoms with E-state index in [4.69, 9.17) is 0 Å². The maximum atomic E-state index is 11.5. The van der Waals surface area contributed by atoms with Crippen molar-refractivity contribution < 1.29 is 9.90 Å². The van der Waals surface area contributed by atoms with Crippen molar-refractivity contribution in [3.63, 3.8) is 0 Å². The first kappa shape index (κ1) is 12.6. The Labute approximate surface area is 116 Å². The van der Waals surface area contributed by atoms with Gasteiger partial charge in [-0.15, -0.1) is 0 Å².